The van der Waals surface area contributed by atoms with Crippen molar-refractivity contribution < 1.29 is 4.92 Å². The van der Waals surface area contributed by atoms with Crippen molar-refractivity contribution in [3.8, 4) is 0 Å². The number of thioether (sulfide) groups is 1. The number of aryl methyl sites for hydroxylation is 1. The van der Waals surface area contributed by atoms with Crippen molar-refractivity contribution in [1.29, 1.82) is 0 Å². The van der Waals surface area contributed by atoms with Gasteiger partial charge in [-0.3, -0.25) is 15.1 Å². The Bertz CT molecular complexity index is 560. The Morgan fingerprint density at radius 3 is 2.90 bits per heavy atom. The summed E-state index contributed by atoms with van der Waals surface area (Å²) >= 11 is 1.45. The molecule has 0 amide bonds. The summed E-state index contributed by atoms with van der Waals surface area (Å²) in [5.74, 6) is 0.603. The minimum atomic E-state index is -0.497. The predicted octanol–water partition coefficient (Wildman–Crippen LogP) is 2.70. The van der Waals surface area contributed by atoms with E-state index in [1.165, 1.54) is 17.8 Å². The number of nitro groups is 1. The van der Waals surface area contributed by atoms with Gasteiger partial charge in [0.2, 0.25) is 0 Å². The van der Waals surface area contributed by atoms with Crippen molar-refractivity contribution in [2.24, 2.45) is 4.99 Å². The third-order valence-electron chi connectivity index (χ3n) is 2.55. The molecule has 0 aliphatic heterocycles. The second kappa shape index (κ2) is 8.15. The number of nitrogens with zero attached hydrogens (tertiary/aromatic N) is 2. The molecule has 0 bridgehead atoms. The van der Waals surface area contributed by atoms with Gasteiger partial charge in [-0.2, -0.15) is 0 Å². The Hall–Kier alpha value is -2.22. The Balaban J connectivity index is 2.97. The molecule has 0 aromatic heterocycles. The number of rotatable bonds is 6. The molecule has 4 N–H and O–H groups in total. The van der Waals surface area contributed by atoms with E-state index in [2.05, 4.69) is 22.2 Å². The first-order valence-corrected chi connectivity index (χ1v) is 7.31. The zero-order chi connectivity index (χ0) is 15.8. The Morgan fingerprint density at radius 2 is 2.33 bits per heavy atom. The van der Waals surface area contributed by atoms with E-state index in [9.17, 15) is 10.1 Å². The fraction of sp³-hybridized carbons (Fsp3) is 0.308. The monoisotopic (exact) mass is 309 g/mol. The van der Waals surface area contributed by atoms with Gasteiger partial charge in [-0.25, -0.2) is 0 Å². The van der Waals surface area contributed by atoms with Crippen molar-refractivity contribution in [3.63, 3.8) is 0 Å². The minimum absolute atomic E-state index is 0.117. The average molecular weight is 309 g/mol. The Kier molecular flexibility index (Phi) is 6.54. The van der Waals surface area contributed by atoms with Crippen LogP contribution in [0.15, 0.2) is 29.9 Å². The number of hydrogen-bond donors (Lipinski definition) is 3. The van der Waals surface area contributed by atoms with Crippen molar-refractivity contribution in [2.45, 2.75) is 13.8 Å². The van der Waals surface area contributed by atoms with Gasteiger partial charge in [-0.15, -0.1) is 0 Å². The first-order valence-electron chi connectivity index (χ1n) is 6.32. The number of nitro benzene ring substituents is 1. The van der Waals surface area contributed by atoms with E-state index < -0.39 is 4.92 Å². The highest BCUT2D eigenvalue weighted by atomic mass is 32.2. The van der Waals surface area contributed by atoms with Crippen LogP contribution in [0.4, 0.5) is 17.1 Å². The molecule has 1 rings (SSSR count). The van der Waals surface area contributed by atoms with Gasteiger partial charge in [0.1, 0.15) is 5.69 Å². The topological polar surface area (TPSA) is 106 Å². The number of aliphatic imine (C=N–C) groups is 1. The lowest BCUT2D eigenvalue weighted by Gasteiger charge is -2.12. The van der Waals surface area contributed by atoms with E-state index in [0.29, 0.717) is 23.3 Å². The van der Waals surface area contributed by atoms with Gasteiger partial charge < -0.3 is 16.4 Å². The molecule has 0 heterocycles. The molecule has 0 saturated heterocycles. The van der Waals surface area contributed by atoms with E-state index in [0.717, 1.165) is 5.56 Å². The van der Waals surface area contributed by atoms with E-state index in [4.69, 9.17) is 5.73 Å². The fourth-order valence-corrected chi connectivity index (χ4v) is 2.30. The van der Waals surface area contributed by atoms with E-state index in [1.54, 1.807) is 12.3 Å². The molecular formula is C13H19N5O2S. The molecule has 0 aliphatic carbocycles. The summed E-state index contributed by atoms with van der Waals surface area (Å²) in [7, 11) is 0. The van der Waals surface area contributed by atoms with E-state index in [1.807, 2.05) is 13.8 Å². The summed E-state index contributed by atoms with van der Waals surface area (Å²) in [5, 5.41) is 17.7. The molecule has 0 unspecified atom stereocenters. The second-order valence-corrected chi connectivity index (χ2v) is 5.05. The highest BCUT2D eigenvalue weighted by Gasteiger charge is 2.15. The van der Waals surface area contributed by atoms with Crippen molar-refractivity contribution in [3.05, 3.63) is 40.6 Å². The maximum Gasteiger partial charge on any atom is 0.294 e. The van der Waals surface area contributed by atoms with Crippen LogP contribution >= 0.6 is 11.8 Å². The molecule has 0 spiro atoms. The number of nitrogens with two attached hydrogens (primary N) is 1. The van der Waals surface area contributed by atoms with Crippen LogP contribution in [-0.2, 0) is 0 Å². The lowest BCUT2D eigenvalue weighted by atomic mass is 10.1. The molecular weight excluding hydrogens is 290 g/mol. The SMILES string of the molecule is C=CNCSC(=NCC)Nc1cc([N+](=O)[O-])c(N)cc1C. The van der Waals surface area contributed by atoms with Crippen LogP contribution in [0.25, 0.3) is 0 Å². The molecule has 8 heteroatoms. The van der Waals surface area contributed by atoms with Gasteiger partial charge in [-0.1, -0.05) is 18.3 Å². The summed E-state index contributed by atoms with van der Waals surface area (Å²) < 4.78 is 0. The summed E-state index contributed by atoms with van der Waals surface area (Å²) in [6.45, 7) is 7.93. The van der Waals surface area contributed by atoms with Gasteiger partial charge in [0.25, 0.3) is 5.69 Å². The molecule has 0 aliphatic rings. The summed E-state index contributed by atoms with van der Waals surface area (Å²) in [5.41, 5.74) is 7.12. The van der Waals surface area contributed by atoms with Gasteiger partial charge in [0.15, 0.2) is 5.17 Å². The summed E-state index contributed by atoms with van der Waals surface area (Å²) in [4.78, 5) is 14.8. The maximum absolute atomic E-state index is 10.9. The largest absolute Gasteiger partial charge is 0.393 e. The molecule has 7 nitrogen and oxygen atoms in total. The van der Waals surface area contributed by atoms with Crippen LogP contribution < -0.4 is 16.4 Å². The first kappa shape index (κ1) is 16.8. The average Bonchev–Trinajstić information content (AvgIpc) is 2.41. The van der Waals surface area contributed by atoms with E-state index in [-0.39, 0.29) is 11.4 Å². The molecule has 1 aromatic rings. The van der Waals surface area contributed by atoms with Gasteiger partial charge in [0, 0.05) is 18.3 Å². The standard InChI is InChI=1S/C13H19N5O2S/c1-4-15-8-21-13(16-5-2)17-11-7-12(18(19)20)10(14)6-9(11)3/h4,6-7,15H,1,5,8,14H2,2-3H3,(H,16,17). The quantitative estimate of drug-likeness (QED) is 0.142. The Labute approximate surface area is 127 Å². The van der Waals surface area contributed by atoms with Gasteiger partial charge in [-0.05, 0) is 31.7 Å². The first-order chi connectivity index (χ1) is 9.99. The van der Waals surface area contributed by atoms with Crippen molar-refractivity contribution in [1.82, 2.24) is 5.32 Å². The van der Waals surface area contributed by atoms with Crippen LogP contribution in [-0.4, -0.2) is 22.5 Å². The summed E-state index contributed by atoms with van der Waals surface area (Å²) in [6, 6.07) is 3.01. The van der Waals surface area contributed by atoms with Crippen molar-refractivity contribution >= 4 is 34.0 Å². The van der Waals surface area contributed by atoms with Gasteiger partial charge >= 0.3 is 0 Å². The molecule has 21 heavy (non-hydrogen) atoms. The highest BCUT2D eigenvalue weighted by molar-refractivity contribution is 8.14. The van der Waals surface area contributed by atoms with Crippen LogP contribution in [0, 0.1) is 17.0 Å². The fourth-order valence-electron chi connectivity index (χ4n) is 1.56. The molecule has 0 radical (unpaired) electrons. The van der Waals surface area contributed by atoms with Crippen LogP contribution in [0.3, 0.4) is 0 Å². The predicted molar refractivity (Wildman–Crippen MR) is 89.6 cm³/mol. The van der Waals surface area contributed by atoms with E-state index >= 15 is 0 Å². The third-order valence-corrected chi connectivity index (χ3v) is 3.37. The third kappa shape index (κ3) is 4.99. The number of nitrogen functional groups attached to an aromatic ring is 1. The Morgan fingerprint density at radius 1 is 1.62 bits per heavy atom. The second-order valence-electron chi connectivity index (χ2n) is 4.08. The van der Waals surface area contributed by atoms with Crippen molar-refractivity contribution in [2.75, 3.05) is 23.5 Å². The number of anilines is 2. The highest BCUT2D eigenvalue weighted by Crippen LogP contribution is 2.29. The zero-order valence-corrected chi connectivity index (χ0v) is 12.9. The van der Waals surface area contributed by atoms with Crippen LogP contribution in [0.1, 0.15) is 12.5 Å². The normalized spacial score (nSPS) is 11.0. The molecule has 0 atom stereocenters. The molecule has 1 aromatic carbocycles. The smallest absolute Gasteiger partial charge is 0.294 e. The number of benzene rings is 1. The number of amidine groups is 1. The number of nitrogens with one attached hydrogen (secondary N) is 2. The maximum atomic E-state index is 10.9. The molecule has 114 valence electrons. The van der Waals surface area contributed by atoms with Crippen LogP contribution in [0.2, 0.25) is 0 Å². The minimum Gasteiger partial charge on any atom is -0.393 e. The van der Waals surface area contributed by atoms with Crippen LogP contribution in [0.5, 0.6) is 0 Å². The molecule has 0 fully saturated rings. The molecule has 0 saturated carbocycles. The van der Waals surface area contributed by atoms with Gasteiger partial charge in [0.05, 0.1) is 10.8 Å². The zero-order valence-electron chi connectivity index (χ0n) is 12.0. The number of hydrogen-bond acceptors (Lipinski definition) is 6. The summed E-state index contributed by atoms with van der Waals surface area (Å²) in [6.07, 6.45) is 1.59. The lowest BCUT2D eigenvalue weighted by Crippen LogP contribution is -2.14. The lowest BCUT2D eigenvalue weighted by molar-refractivity contribution is -0.383.